The van der Waals surface area contributed by atoms with Crippen LogP contribution in [0.4, 0.5) is 23.2 Å². The van der Waals surface area contributed by atoms with E-state index in [1.165, 1.54) is 37.8 Å². The molecule has 9 heteroatoms. The number of carbonyl (C=O) groups is 1. The van der Waals surface area contributed by atoms with Crippen molar-refractivity contribution in [2.75, 3.05) is 37.6 Å². The van der Waals surface area contributed by atoms with Crippen LogP contribution in [0.1, 0.15) is 56.9 Å². The number of anilines is 1. The first-order valence-corrected chi connectivity index (χ1v) is 11.0. The lowest BCUT2D eigenvalue weighted by Gasteiger charge is -2.39. The molecule has 2 heterocycles. The molecule has 1 saturated carbocycles. The molecule has 174 valence electrons. The molecule has 0 spiro atoms. The number of pyridine rings is 1. The van der Waals surface area contributed by atoms with E-state index in [0.29, 0.717) is 24.5 Å². The van der Waals surface area contributed by atoms with Crippen molar-refractivity contribution in [1.82, 2.24) is 15.2 Å². The van der Waals surface area contributed by atoms with E-state index in [1.807, 2.05) is 4.90 Å². The normalized spacial score (nSPS) is 23.3. The molecule has 1 amide bonds. The second kappa shape index (κ2) is 9.30. The van der Waals surface area contributed by atoms with Crippen LogP contribution in [-0.4, -0.2) is 60.7 Å². The van der Waals surface area contributed by atoms with Crippen molar-refractivity contribution >= 4 is 11.6 Å². The summed E-state index contributed by atoms with van der Waals surface area (Å²) >= 11 is 0. The molecule has 3 rings (SSSR count). The highest BCUT2D eigenvalue weighted by molar-refractivity contribution is 5.92. The van der Waals surface area contributed by atoms with Crippen LogP contribution >= 0.6 is 0 Å². The fraction of sp³-hybridized carbons (Fsp3) is 0.727. The highest BCUT2D eigenvalue weighted by atomic mass is 19.4. The van der Waals surface area contributed by atoms with Gasteiger partial charge in [-0.25, -0.2) is 4.98 Å². The molecule has 1 N–H and O–H groups in total. The molecule has 2 atom stereocenters. The summed E-state index contributed by atoms with van der Waals surface area (Å²) < 4.78 is 51.2. The minimum Gasteiger partial charge on any atom is -0.365 e. The summed E-state index contributed by atoms with van der Waals surface area (Å²) in [5.41, 5.74) is 0.280. The van der Waals surface area contributed by atoms with E-state index in [-0.39, 0.29) is 11.4 Å². The van der Waals surface area contributed by atoms with Crippen molar-refractivity contribution in [3.05, 3.63) is 23.8 Å². The van der Waals surface area contributed by atoms with Gasteiger partial charge in [-0.2, -0.15) is 17.6 Å². The van der Waals surface area contributed by atoms with Gasteiger partial charge in [-0.05, 0) is 42.7 Å². The SMILES string of the molecule is CCC(C)(C)C1CCC(N2CCN(c3ccc(C(=O)NCC(F)(F)F)nc3F)CC2)C1. The van der Waals surface area contributed by atoms with Gasteiger partial charge in [-0.3, -0.25) is 9.69 Å². The largest absolute Gasteiger partial charge is 0.405 e. The predicted molar refractivity (Wildman–Crippen MR) is 112 cm³/mol. The van der Waals surface area contributed by atoms with E-state index in [4.69, 9.17) is 0 Å². The Morgan fingerprint density at radius 2 is 1.84 bits per heavy atom. The number of carbonyl (C=O) groups excluding carboxylic acids is 1. The van der Waals surface area contributed by atoms with Crippen LogP contribution in [0.3, 0.4) is 0 Å². The fourth-order valence-corrected chi connectivity index (χ4v) is 4.68. The summed E-state index contributed by atoms with van der Waals surface area (Å²) in [6.45, 7) is 8.43. The van der Waals surface area contributed by atoms with Gasteiger partial charge in [0.05, 0.1) is 5.69 Å². The Morgan fingerprint density at radius 3 is 2.42 bits per heavy atom. The summed E-state index contributed by atoms with van der Waals surface area (Å²) in [5, 5.41) is 1.71. The van der Waals surface area contributed by atoms with Crippen molar-refractivity contribution in [3.63, 3.8) is 0 Å². The zero-order chi connectivity index (χ0) is 22.8. The van der Waals surface area contributed by atoms with Crippen LogP contribution in [0.2, 0.25) is 0 Å². The van der Waals surface area contributed by atoms with Crippen LogP contribution in [0.15, 0.2) is 12.1 Å². The number of nitrogens with one attached hydrogen (secondary N) is 1. The summed E-state index contributed by atoms with van der Waals surface area (Å²) in [4.78, 5) is 19.7. The number of halogens is 4. The van der Waals surface area contributed by atoms with Gasteiger partial charge in [0, 0.05) is 32.2 Å². The first-order valence-electron chi connectivity index (χ1n) is 11.0. The smallest absolute Gasteiger partial charge is 0.365 e. The number of nitrogens with zero attached hydrogens (tertiary/aromatic N) is 3. The summed E-state index contributed by atoms with van der Waals surface area (Å²) in [5.74, 6) is -1.14. The quantitative estimate of drug-likeness (QED) is 0.527. The Bertz CT molecular complexity index is 775. The molecule has 1 aromatic rings. The van der Waals surface area contributed by atoms with Crippen LogP contribution in [-0.2, 0) is 0 Å². The van der Waals surface area contributed by atoms with E-state index >= 15 is 0 Å². The van der Waals surface area contributed by atoms with E-state index < -0.39 is 24.6 Å². The maximum absolute atomic E-state index is 14.5. The number of alkyl halides is 3. The van der Waals surface area contributed by atoms with Gasteiger partial charge in [0.15, 0.2) is 0 Å². The molecular weight excluding hydrogens is 412 g/mol. The van der Waals surface area contributed by atoms with E-state index in [9.17, 15) is 22.4 Å². The van der Waals surface area contributed by atoms with Gasteiger partial charge < -0.3 is 10.2 Å². The van der Waals surface area contributed by atoms with Crippen molar-refractivity contribution in [1.29, 1.82) is 0 Å². The number of aromatic nitrogens is 1. The summed E-state index contributed by atoms with van der Waals surface area (Å²) in [6.07, 6.45) is 0.306. The predicted octanol–water partition coefficient (Wildman–Crippen LogP) is 4.24. The van der Waals surface area contributed by atoms with Crippen molar-refractivity contribution in [3.8, 4) is 0 Å². The molecule has 0 radical (unpaired) electrons. The first kappa shape index (κ1) is 23.8. The van der Waals surface area contributed by atoms with Crippen LogP contribution in [0.25, 0.3) is 0 Å². The van der Waals surface area contributed by atoms with Gasteiger partial charge >= 0.3 is 6.18 Å². The third-order valence-corrected chi connectivity index (χ3v) is 7.10. The summed E-state index contributed by atoms with van der Waals surface area (Å²) in [7, 11) is 0. The third-order valence-electron chi connectivity index (χ3n) is 7.10. The average molecular weight is 445 g/mol. The Kier molecular flexibility index (Phi) is 7.13. The molecule has 2 aliphatic rings. The topological polar surface area (TPSA) is 48.5 Å². The van der Waals surface area contributed by atoms with Gasteiger partial charge in [-0.1, -0.05) is 27.2 Å². The van der Waals surface area contributed by atoms with Crippen molar-refractivity contribution in [2.24, 2.45) is 11.3 Å². The molecule has 2 fully saturated rings. The highest BCUT2D eigenvalue weighted by Crippen LogP contribution is 2.43. The number of hydrogen-bond acceptors (Lipinski definition) is 4. The maximum atomic E-state index is 14.5. The van der Waals surface area contributed by atoms with Gasteiger partial charge in [0.2, 0.25) is 5.95 Å². The Hall–Kier alpha value is -1.90. The molecule has 0 aromatic carbocycles. The zero-order valence-corrected chi connectivity index (χ0v) is 18.4. The molecule has 1 aliphatic carbocycles. The van der Waals surface area contributed by atoms with Crippen LogP contribution in [0, 0.1) is 17.3 Å². The number of piperazine rings is 1. The van der Waals surface area contributed by atoms with Crippen molar-refractivity contribution in [2.45, 2.75) is 58.7 Å². The minimum absolute atomic E-state index is 0.281. The molecule has 0 bridgehead atoms. The highest BCUT2D eigenvalue weighted by Gasteiger charge is 2.38. The lowest BCUT2D eigenvalue weighted by molar-refractivity contribution is -0.123. The number of hydrogen-bond donors (Lipinski definition) is 1. The zero-order valence-electron chi connectivity index (χ0n) is 18.4. The monoisotopic (exact) mass is 444 g/mol. The summed E-state index contributed by atoms with van der Waals surface area (Å²) in [6, 6.07) is 3.27. The molecule has 2 unspecified atom stereocenters. The molecule has 31 heavy (non-hydrogen) atoms. The van der Waals surface area contributed by atoms with E-state index in [1.54, 1.807) is 5.32 Å². The molecule has 1 aromatic heterocycles. The first-order chi connectivity index (χ1) is 14.5. The lowest BCUT2D eigenvalue weighted by atomic mass is 9.76. The number of rotatable bonds is 6. The molecule has 1 aliphatic heterocycles. The molecular formula is C22H32F4N4O. The van der Waals surface area contributed by atoms with Crippen LogP contribution in [0.5, 0.6) is 0 Å². The average Bonchev–Trinajstić information content (AvgIpc) is 3.23. The van der Waals surface area contributed by atoms with Gasteiger partial charge in [0.25, 0.3) is 5.91 Å². The van der Waals surface area contributed by atoms with Gasteiger partial charge in [0.1, 0.15) is 12.2 Å². The third kappa shape index (κ3) is 5.87. The Morgan fingerprint density at radius 1 is 1.16 bits per heavy atom. The molecule has 1 saturated heterocycles. The van der Waals surface area contributed by atoms with E-state index in [2.05, 4.69) is 30.7 Å². The lowest BCUT2D eigenvalue weighted by Crippen LogP contribution is -2.50. The van der Waals surface area contributed by atoms with Gasteiger partial charge in [-0.15, -0.1) is 0 Å². The fourth-order valence-electron chi connectivity index (χ4n) is 4.68. The second-order valence-electron chi connectivity index (χ2n) is 9.33. The standard InChI is InChI=1S/C22H32F4N4O/c1-4-21(2,3)15-5-6-16(13-15)29-9-11-30(12-10-29)18-8-7-17(28-19(18)23)20(31)27-14-22(24,25)26/h7-8,15-16H,4-6,9-14H2,1-3H3,(H,27,31). The maximum Gasteiger partial charge on any atom is 0.405 e. The van der Waals surface area contributed by atoms with Crippen LogP contribution < -0.4 is 10.2 Å². The second-order valence-corrected chi connectivity index (χ2v) is 9.33. The van der Waals surface area contributed by atoms with E-state index in [0.717, 1.165) is 19.0 Å². The number of amides is 1. The Balaban J connectivity index is 1.55. The van der Waals surface area contributed by atoms with Crippen molar-refractivity contribution < 1.29 is 22.4 Å². The minimum atomic E-state index is -4.53. The molecule has 5 nitrogen and oxygen atoms in total. The Labute approximate surface area is 181 Å².